The first-order chi connectivity index (χ1) is 12.3. The Kier molecular flexibility index (Phi) is 3.92. The standard InChI is InChI=1S/C18H22N4O3S/c1-18(2)14-9-13(4-5-15(14)21-17(18)23)26(24,25)20-10-12-3-6-16-19-7-8-22(16)11-12/h4-5,7-9,12,20H,3,6,10-11H2,1-2H3,(H,21,23)/t12-/m0/s1. The van der Waals surface area contributed by atoms with Crippen LogP contribution in [0.5, 0.6) is 0 Å². The minimum absolute atomic E-state index is 0.117. The number of hydrogen-bond donors (Lipinski definition) is 2. The number of imidazole rings is 1. The van der Waals surface area contributed by atoms with Gasteiger partial charge < -0.3 is 9.88 Å². The maximum Gasteiger partial charge on any atom is 0.240 e. The van der Waals surface area contributed by atoms with Crippen LogP contribution in [0.4, 0.5) is 5.69 Å². The molecule has 26 heavy (non-hydrogen) atoms. The third-order valence-corrected chi connectivity index (χ3v) is 6.81. The van der Waals surface area contributed by atoms with Crippen LogP contribution in [0, 0.1) is 5.92 Å². The molecule has 2 aliphatic heterocycles. The van der Waals surface area contributed by atoms with Gasteiger partial charge >= 0.3 is 0 Å². The zero-order valence-corrected chi connectivity index (χ0v) is 15.6. The third kappa shape index (κ3) is 2.83. The van der Waals surface area contributed by atoms with Gasteiger partial charge in [0.05, 0.1) is 10.3 Å². The maximum atomic E-state index is 12.7. The van der Waals surface area contributed by atoms with E-state index < -0.39 is 15.4 Å². The number of rotatable bonds is 4. The van der Waals surface area contributed by atoms with E-state index >= 15 is 0 Å². The molecule has 0 saturated heterocycles. The van der Waals surface area contributed by atoms with Gasteiger partial charge in [0.1, 0.15) is 5.82 Å². The lowest BCUT2D eigenvalue weighted by molar-refractivity contribution is -0.119. The molecule has 0 unspecified atom stereocenters. The fourth-order valence-electron chi connectivity index (χ4n) is 3.63. The zero-order chi connectivity index (χ0) is 18.5. The largest absolute Gasteiger partial charge is 0.335 e. The highest BCUT2D eigenvalue weighted by molar-refractivity contribution is 7.89. The van der Waals surface area contributed by atoms with Crippen molar-refractivity contribution >= 4 is 21.6 Å². The van der Waals surface area contributed by atoms with Crippen LogP contribution in [0.15, 0.2) is 35.5 Å². The van der Waals surface area contributed by atoms with Crippen molar-refractivity contribution in [1.82, 2.24) is 14.3 Å². The molecule has 1 aromatic heterocycles. The van der Waals surface area contributed by atoms with Crippen molar-refractivity contribution in [3.8, 4) is 0 Å². The molecule has 4 rings (SSSR count). The van der Waals surface area contributed by atoms with Crippen LogP contribution in [0.1, 0.15) is 31.7 Å². The Hall–Kier alpha value is -2.19. The fourth-order valence-corrected chi connectivity index (χ4v) is 4.77. The van der Waals surface area contributed by atoms with Gasteiger partial charge in [-0.05, 0) is 49.9 Å². The van der Waals surface area contributed by atoms with E-state index in [1.54, 1.807) is 32.2 Å². The monoisotopic (exact) mass is 374 g/mol. The first-order valence-corrected chi connectivity index (χ1v) is 10.2. The highest BCUT2D eigenvalue weighted by atomic mass is 32.2. The molecule has 0 bridgehead atoms. The minimum Gasteiger partial charge on any atom is -0.335 e. The van der Waals surface area contributed by atoms with Crippen molar-refractivity contribution in [2.24, 2.45) is 5.92 Å². The van der Waals surface area contributed by atoms with Crippen molar-refractivity contribution in [2.45, 2.75) is 43.5 Å². The van der Waals surface area contributed by atoms with Crippen molar-refractivity contribution in [1.29, 1.82) is 0 Å². The Morgan fingerprint density at radius 1 is 1.38 bits per heavy atom. The van der Waals surface area contributed by atoms with E-state index in [0.717, 1.165) is 25.2 Å². The molecule has 2 aromatic rings. The van der Waals surface area contributed by atoms with Crippen LogP contribution in [0.2, 0.25) is 0 Å². The average Bonchev–Trinajstić information content (AvgIpc) is 3.15. The Morgan fingerprint density at radius 3 is 3.00 bits per heavy atom. The van der Waals surface area contributed by atoms with E-state index in [0.29, 0.717) is 17.8 Å². The fraction of sp³-hybridized carbons (Fsp3) is 0.444. The van der Waals surface area contributed by atoms with Gasteiger partial charge in [0.15, 0.2) is 0 Å². The summed E-state index contributed by atoms with van der Waals surface area (Å²) in [5.74, 6) is 1.18. The average molecular weight is 374 g/mol. The number of fused-ring (bicyclic) bond motifs is 2. The SMILES string of the molecule is CC1(C)C(=O)Nc2ccc(S(=O)(=O)NC[C@@H]3CCc4nccn4C3)cc21. The van der Waals surface area contributed by atoms with E-state index in [9.17, 15) is 13.2 Å². The van der Waals surface area contributed by atoms with Gasteiger partial charge in [-0.3, -0.25) is 4.79 Å². The van der Waals surface area contributed by atoms with Crippen LogP contribution in [0.25, 0.3) is 0 Å². The molecule has 0 aliphatic carbocycles. The molecule has 7 nitrogen and oxygen atoms in total. The van der Waals surface area contributed by atoms with Crippen LogP contribution in [0.3, 0.4) is 0 Å². The smallest absolute Gasteiger partial charge is 0.240 e. The number of nitrogens with zero attached hydrogens (tertiary/aromatic N) is 2. The molecule has 3 heterocycles. The van der Waals surface area contributed by atoms with Gasteiger partial charge in [-0.1, -0.05) is 0 Å². The van der Waals surface area contributed by atoms with Crippen molar-refractivity contribution in [3.63, 3.8) is 0 Å². The molecule has 8 heteroatoms. The summed E-state index contributed by atoms with van der Waals surface area (Å²) in [6.45, 7) is 4.75. The second kappa shape index (κ2) is 5.92. The van der Waals surface area contributed by atoms with Gasteiger partial charge in [-0.2, -0.15) is 0 Å². The van der Waals surface area contributed by atoms with E-state index in [1.807, 2.05) is 6.20 Å². The number of aryl methyl sites for hydroxylation is 1. The molecule has 2 aliphatic rings. The summed E-state index contributed by atoms with van der Waals surface area (Å²) in [4.78, 5) is 16.5. The van der Waals surface area contributed by atoms with Gasteiger partial charge in [-0.25, -0.2) is 18.1 Å². The van der Waals surface area contributed by atoms with Gasteiger partial charge in [0.2, 0.25) is 15.9 Å². The number of anilines is 1. The number of sulfonamides is 1. The number of nitrogens with one attached hydrogen (secondary N) is 2. The summed E-state index contributed by atoms with van der Waals surface area (Å²) in [5, 5.41) is 2.79. The lowest BCUT2D eigenvalue weighted by Crippen LogP contribution is -2.33. The van der Waals surface area contributed by atoms with Gasteiger partial charge in [-0.15, -0.1) is 0 Å². The summed E-state index contributed by atoms with van der Waals surface area (Å²) in [6.07, 6.45) is 5.49. The Balaban J connectivity index is 1.50. The first kappa shape index (κ1) is 17.2. The molecule has 0 fully saturated rings. The Bertz CT molecular complexity index is 978. The Morgan fingerprint density at radius 2 is 2.19 bits per heavy atom. The van der Waals surface area contributed by atoms with Crippen LogP contribution < -0.4 is 10.0 Å². The van der Waals surface area contributed by atoms with Crippen molar-refractivity contribution < 1.29 is 13.2 Å². The minimum atomic E-state index is -3.63. The summed E-state index contributed by atoms with van der Waals surface area (Å²) in [6, 6.07) is 4.80. The molecular formula is C18H22N4O3S. The summed E-state index contributed by atoms with van der Waals surface area (Å²) < 4.78 is 30.3. The van der Waals surface area contributed by atoms with Gasteiger partial charge in [0.25, 0.3) is 0 Å². The molecular weight excluding hydrogens is 352 g/mol. The van der Waals surface area contributed by atoms with E-state index in [1.165, 1.54) is 6.07 Å². The molecule has 138 valence electrons. The predicted octanol–water partition coefficient (Wildman–Crippen LogP) is 1.65. The van der Waals surface area contributed by atoms with Gasteiger partial charge in [0, 0.05) is 37.6 Å². The molecule has 0 radical (unpaired) electrons. The van der Waals surface area contributed by atoms with E-state index in [2.05, 4.69) is 19.6 Å². The third-order valence-electron chi connectivity index (χ3n) is 5.39. The number of aromatic nitrogens is 2. The van der Waals surface area contributed by atoms with Crippen LogP contribution in [-0.4, -0.2) is 30.4 Å². The highest BCUT2D eigenvalue weighted by Gasteiger charge is 2.39. The van der Waals surface area contributed by atoms with Crippen LogP contribution in [-0.2, 0) is 33.2 Å². The quantitative estimate of drug-likeness (QED) is 0.851. The molecule has 0 saturated carbocycles. The number of hydrogen-bond acceptors (Lipinski definition) is 4. The number of carbonyl (C=O) groups is 1. The highest BCUT2D eigenvalue weighted by Crippen LogP contribution is 2.38. The molecule has 1 atom stereocenters. The second-order valence-electron chi connectivity index (χ2n) is 7.54. The molecule has 1 aromatic carbocycles. The maximum absolute atomic E-state index is 12.7. The molecule has 2 N–H and O–H groups in total. The number of carbonyl (C=O) groups excluding carboxylic acids is 1. The number of amides is 1. The summed E-state index contributed by atoms with van der Waals surface area (Å²) in [7, 11) is -3.63. The number of benzene rings is 1. The normalized spacial score (nSPS) is 21.2. The van der Waals surface area contributed by atoms with Crippen molar-refractivity contribution in [2.75, 3.05) is 11.9 Å². The zero-order valence-electron chi connectivity index (χ0n) is 14.8. The lowest BCUT2D eigenvalue weighted by Gasteiger charge is -2.24. The van der Waals surface area contributed by atoms with Crippen molar-refractivity contribution in [3.05, 3.63) is 42.0 Å². The summed E-state index contributed by atoms with van der Waals surface area (Å²) in [5.41, 5.74) is 0.659. The van der Waals surface area contributed by atoms with E-state index in [-0.39, 0.29) is 16.7 Å². The molecule has 0 spiro atoms. The first-order valence-electron chi connectivity index (χ1n) is 8.73. The second-order valence-corrected chi connectivity index (χ2v) is 9.31. The van der Waals surface area contributed by atoms with Crippen LogP contribution >= 0.6 is 0 Å². The topological polar surface area (TPSA) is 93.1 Å². The Labute approximate surface area is 152 Å². The van der Waals surface area contributed by atoms with E-state index in [4.69, 9.17) is 0 Å². The predicted molar refractivity (Wildman–Crippen MR) is 97.3 cm³/mol. The molecule has 1 amide bonds. The lowest BCUT2D eigenvalue weighted by atomic mass is 9.86. The summed E-state index contributed by atoms with van der Waals surface area (Å²) >= 11 is 0.